The Labute approximate surface area is 90.2 Å². The molecule has 4 nitrogen and oxygen atoms in total. The Bertz CT molecular complexity index is 293. The lowest BCUT2D eigenvalue weighted by Crippen LogP contribution is -2.16. The summed E-state index contributed by atoms with van der Waals surface area (Å²) in [5.41, 5.74) is 0. The molecule has 0 N–H and O–H groups in total. The zero-order valence-corrected chi connectivity index (χ0v) is 9.19. The third kappa shape index (κ3) is 2.79. The monoisotopic (exact) mass is 210 g/mol. The Morgan fingerprint density at radius 2 is 2.60 bits per heavy atom. The Kier molecular flexibility index (Phi) is 3.75. The fourth-order valence-electron chi connectivity index (χ4n) is 1.85. The summed E-state index contributed by atoms with van der Waals surface area (Å²) in [7, 11) is 0. The van der Waals surface area contributed by atoms with Crippen molar-refractivity contribution in [1.29, 1.82) is 0 Å². The van der Waals surface area contributed by atoms with E-state index in [1.54, 1.807) is 0 Å². The lowest BCUT2D eigenvalue weighted by Gasteiger charge is -2.12. The van der Waals surface area contributed by atoms with Crippen LogP contribution in [0.2, 0.25) is 0 Å². The van der Waals surface area contributed by atoms with E-state index in [0.717, 1.165) is 32.0 Å². The molecule has 0 unspecified atom stereocenters. The van der Waals surface area contributed by atoms with Crippen molar-refractivity contribution in [3.63, 3.8) is 0 Å². The predicted molar refractivity (Wildman–Crippen MR) is 56.5 cm³/mol. The molecule has 1 atom stereocenters. The van der Waals surface area contributed by atoms with Crippen molar-refractivity contribution in [2.24, 2.45) is 0 Å². The smallest absolute Gasteiger partial charge is 0.134 e. The summed E-state index contributed by atoms with van der Waals surface area (Å²) in [6, 6.07) is 0. The van der Waals surface area contributed by atoms with Gasteiger partial charge in [-0.05, 0) is 19.8 Å². The first-order valence-electron chi connectivity index (χ1n) is 5.59. The number of hydrogen-bond donors (Lipinski definition) is 0. The highest BCUT2D eigenvalue weighted by Crippen LogP contribution is 2.14. The van der Waals surface area contributed by atoms with Gasteiger partial charge in [-0.2, -0.15) is 0 Å². The maximum Gasteiger partial charge on any atom is 0.134 e. The summed E-state index contributed by atoms with van der Waals surface area (Å²) in [5.74, 6) is 0.993. The summed E-state index contributed by atoms with van der Waals surface area (Å²) >= 11 is 0. The van der Waals surface area contributed by atoms with Gasteiger partial charge in [-0.25, -0.2) is 4.98 Å². The van der Waals surface area contributed by atoms with Gasteiger partial charge in [0.15, 0.2) is 0 Å². The molecule has 2 heterocycles. The number of ether oxygens (including phenoxy) is 2. The van der Waals surface area contributed by atoms with Crippen molar-refractivity contribution in [3.05, 3.63) is 18.2 Å². The molecule has 0 spiro atoms. The van der Waals surface area contributed by atoms with Gasteiger partial charge in [0, 0.05) is 25.6 Å². The number of hydrogen-bond acceptors (Lipinski definition) is 3. The second kappa shape index (κ2) is 5.28. The molecule has 84 valence electrons. The van der Waals surface area contributed by atoms with Crippen molar-refractivity contribution in [1.82, 2.24) is 9.55 Å². The van der Waals surface area contributed by atoms with Crippen LogP contribution in [0.3, 0.4) is 0 Å². The van der Waals surface area contributed by atoms with Gasteiger partial charge in [0.25, 0.3) is 0 Å². The van der Waals surface area contributed by atoms with Crippen LogP contribution in [0.25, 0.3) is 0 Å². The fraction of sp³-hybridized carbons (Fsp3) is 0.727. The molecule has 0 amide bonds. The molecular formula is C11H18N2O2. The molecule has 2 rings (SSSR count). The highest BCUT2D eigenvalue weighted by Gasteiger charge is 2.17. The van der Waals surface area contributed by atoms with Gasteiger partial charge < -0.3 is 14.0 Å². The minimum atomic E-state index is 0.361. The lowest BCUT2D eigenvalue weighted by atomic mass is 10.2. The van der Waals surface area contributed by atoms with E-state index in [2.05, 4.69) is 9.55 Å². The normalized spacial score (nSPS) is 21.0. The van der Waals surface area contributed by atoms with Gasteiger partial charge in [0.2, 0.25) is 0 Å². The van der Waals surface area contributed by atoms with E-state index < -0.39 is 0 Å². The van der Waals surface area contributed by atoms with Crippen LogP contribution in [0.5, 0.6) is 0 Å². The third-order valence-electron chi connectivity index (χ3n) is 2.66. The first-order chi connectivity index (χ1) is 7.40. The van der Waals surface area contributed by atoms with Gasteiger partial charge in [-0.15, -0.1) is 0 Å². The molecule has 1 aromatic heterocycles. The highest BCUT2D eigenvalue weighted by atomic mass is 16.5. The zero-order chi connectivity index (χ0) is 10.5. The molecule has 1 aromatic rings. The van der Waals surface area contributed by atoms with Crippen LogP contribution in [0.4, 0.5) is 0 Å². The molecule has 0 saturated carbocycles. The molecule has 0 aromatic carbocycles. The standard InChI is InChI=1S/C11H18N2O2/c1-2-14-9-11-12-5-6-13(11)8-10-4-3-7-15-10/h5-6,10H,2-4,7-9H2,1H3/t10-/m0/s1. The summed E-state index contributed by atoms with van der Waals surface area (Å²) < 4.78 is 13.1. The quantitative estimate of drug-likeness (QED) is 0.740. The lowest BCUT2D eigenvalue weighted by molar-refractivity contribution is 0.0903. The van der Waals surface area contributed by atoms with Crippen LogP contribution in [-0.2, 0) is 22.6 Å². The molecule has 1 aliphatic rings. The number of imidazole rings is 1. The average Bonchev–Trinajstić information content (AvgIpc) is 2.87. The van der Waals surface area contributed by atoms with Crippen molar-refractivity contribution in [3.8, 4) is 0 Å². The summed E-state index contributed by atoms with van der Waals surface area (Å²) in [5, 5.41) is 0. The predicted octanol–water partition coefficient (Wildman–Crippen LogP) is 1.60. The van der Waals surface area contributed by atoms with Crippen LogP contribution in [0.15, 0.2) is 12.4 Å². The van der Waals surface area contributed by atoms with Gasteiger partial charge in [0.1, 0.15) is 12.4 Å². The Morgan fingerprint density at radius 1 is 1.67 bits per heavy atom. The average molecular weight is 210 g/mol. The fourth-order valence-corrected chi connectivity index (χ4v) is 1.85. The SMILES string of the molecule is CCOCc1nccn1C[C@@H]1CCCO1. The van der Waals surface area contributed by atoms with E-state index in [1.807, 2.05) is 19.3 Å². The largest absolute Gasteiger partial charge is 0.376 e. The van der Waals surface area contributed by atoms with Gasteiger partial charge in [-0.3, -0.25) is 0 Å². The third-order valence-corrected chi connectivity index (χ3v) is 2.66. The minimum Gasteiger partial charge on any atom is -0.376 e. The molecule has 0 aliphatic carbocycles. The van der Waals surface area contributed by atoms with Crippen LogP contribution < -0.4 is 0 Å². The maximum atomic E-state index is 5.60. The number of aromatic nitrogens is 2. The van der Waals surface area contributed by atoms with Crippen molar-refractivity contribution in [2.75, 3.05) is 13.2 Å². The second-order valence-corrected chi connectivity index (χ2v) is 3.77. The Hall–Kier alpha value is -0.870. The van der Waals surface area contributed by atoms with Crippen molar-refractivity contribution < 1.29 is 9.47 Å². The molecular weight excluding hydrogens is 192 g/mol. The maximum absolute atomic E-state index is 5.60. The van der Waals surface area contributed by atoms with E-state index in [0.29, 0.717) is 12.7 Å². The van der Waals surface area contributed by atoms with E-state index in [9.17, 15) is 0 Å². The molecule has 1 aliphatic heterocycles. The number of nitrogens with zero attached hydrogens (tertiary/aromatic N) is 2. The number of rotatable bonds is 5. The molecule has 0 radical (unpaired) electrons. The first-order valence-corrected chi connectivity index (χ1v) is 5.59. The van der Waals surface area contributed by atoms with Crippen molar-refractivity contribution >= 4 is 0 Å². The molecule has 15 heavy (non-hydrogen) atoms. The van der Waals surface area contributed by atoms with Crippen LogP contribution in [0, 0.1) is 0 Å². The second-order valence-electron chi connectivity index (χ2n) is 3.77. The topological polar surface area (TPSA) is 36.3 Å². The van der Waals surface area contributed by atoms with Crippen molar-refractivity contribution in [2.45, 2.75) is 39.0 Å². The van der Waals surface area contributed by atoms with Crippen LogP contribution >= 0.6 is 0 Å². The van der Waals surface area contributed by atoms with Gasteiger partial charge >= 0.3 is 0 Å². The molecule has 0 bridgehead atoms. The molecule has 1 saturated heterocycles. The highest BCUT2D eigenvalue weighted by molar-refractivity contribution is 4.91. The zero-order valence-electron chi connectivity index (χ0n) is 9.19. The first kappa shape index (κ1) is 10.6. The summed E-state index contributed by atoms with van der Waals surface area (Å²) in [6.45, 7) is 5.12. The molecule has 4 heteroatoms. The van der Waals surface area contributed by atoms with E-state index >= 15 is 0 Å². The van der Waals surface area contributed by atoms with E-state index in [-0.39, 0.29) is 0 Å². The summed E-state index contributed by atoms with van der Waals surface area (Å²) in [4.78, 5) is 4.28. The Morgan fingerprint density at radius 3 is 3.33 bits per heavy atom. The van der Waals surface area contributed by atoms with Gasteiger partial charge in [-0.1, -0.05) is 0 Å². The Balaban J connectivity index is 1.91. The van der Waals surface area contributed by atoms with Crippen LogP contribution in [0.1, 0.15) is 25.6 Å². The van der Waals surface area contributed by atoms with Gasteiger partial charge in [0.05, 0.1) is 12.6 Å². The van der Waals surface area contributed by atoms with E-state index in [4.69, 9.17) is 9.47 Å². The van der Waals surface area contributed by atoms with E-state index in [1.165, 1.54) is 6.42 Å². The summed E-state index contributed by atoms with van der Waals surface area (Å²) in [6.07, 6.45) is 6.52. The minimum absolute atomic E-state index is 0.361. The van der Waals surface area contributed by atoms with Crippen LogP contribution in [-0.4, -0.2) is 28.9 Å². The molecule has 1 fully saturated rings.